The Morgan fingerprint density at radius 3 is 2.73 bits per heavy atom. The minimum absolute atomic E-state index is 0.187. The van der Waals surface area contributed by atoms with Crippen LogP contribution in [0.2, 0.25) is 0 Å². The lowest BCUT2D eigenvalue weighted by molar-refractivity contribution is 0.0697. The van der Waals surface area contributed by atoms with Gasteiger partial charge in [-0.25, -0.2) is 18.4 Å². The molecule has 1 aromatic carbocycles. The fourth-order valence-corrected chi connectivity index (χ4v) is 2.32. The van der Waals surface area contributed by atoms with Crippen molar-refractivity contribution in [1.29, 1.82) is 0 Å². The Bertz CT molecular complexity index is 800. The lowest BCUT2D eigenvalue weighted by atomic mass is 10.1. The van der Waals surface area contributed by atoms with E-state index in [1.807, 2.05) is 0 Å². The van der Waals surface area contributed by atoms with Crippen molar-refractivity contribution in [1.82, 2.24) is 10.1 Å². The summed E-state index contributed by atoms with van der Waals surface area (Å²) in [7, 11) is -3.96. The maximum atomic E-state index is 11.3. The number of nitrogens with one attached hydrogen (secondary N) is 1. The standard InChI is InChI=1S/C12H14N4O5S/c1-7-15-11(21-16-7)4-5-14-10-3-2-8(22(13,19)20)6-9(10)12(17)18/h2-3,6,14H,4-5H2,1H3,(H,17,18)(H2,13,19,20). The van der Waals surface area contributed by atoms with Crippen LogP contribution in [0.3, 0.4) is 0 Å². The smallest absolute Gasteiger partial charge is 0.337 e. The van der Waals surface area contributed by atoms with E-state index in [0.717, 1.165) is 6.07 Å². The van der Waals surface area contributed by atoms with E-state index in [2.05, 4.69) is 15.5 Å². The molecule has 0 aliphatic heterocycles. The molecule has 0 fully saturated rings. The first kappa shape index (κ1) is 15.9. The number of carbonyl (C=O) groups is 1. The molecule has 0 radical (unpaired) electrons. The maximum Gasteiger partial charge on any atom is 0.337 e. The van der Waals surface area contributed by atoms with Crippen molar-refractivity contribution in [3.8, 4) is 0 Å². The summed E-state index contributed by atoms with van der Waals surface area (Å²) in [5.41, 5.74) is 0.0874. The minimum atomic E-state index is -3.96. The number of sulfonamides is 1. The fourth-order valence-electron chi connectivity index (χ4n) is 1.78. The molecular formula is C12H14N4O5S. The molecular weight excluding hydrogens is 312 g/mol. The molecule has 0 spiro atoms. The highest BCUT2D eigenvalue weighted by atomic mass is 32.2. The molecule has 0 amide bonds. The van der Waals surface area contributed by atoms with Crippen molar-refractivity contribution >= 4 is 21.7 Å². The van der Waals surface area contributed by atoms with E-state index >= 15 is 0 Å². The number of aryl methyl sites for hydroxylation is 1. The van der Waals surface area contributed by atoms with Crippen molar-refractivity contribution < 1.29 is 22.8 Å². The van der Waals surface area contributed by atoms with Gasteiger partial charge in [-0.2, -0.15) is 4.98 Å². The number of anilines is 1. The zero-order chi connectivity index (χ0) is 16.3. The molecule has 1 heterocycles. The average molecular weight is 326 g/mol. The number of primary sulfonamides is 1. The molecule has 9 nitrogen and oxygen atoms in total. The van der Waals surface area contributed by atoms with Crippen LogP contribution in [0.25, 0.3) is 0 Å². The summed E-state index contributed by atoms with van der Waals surface area (Å²) in [5.74, 6) is -0.330. The molecule has 0 aliphatic carbocycles. The van der Waals surface area contributed by atoms with Gasteiger partial charge in [-0.15, -0.1) is 0 Å². The zero-order valence-corrected chi connectivity index (χ0v) is 12.4. The summed E-state index contributed by atoms with van der Waals surface area (Å²) in [4.78, 5) is 15.0. The number of carboxylic acids is 1. The maximum absolute atomic E-state index is 11.3. The first-order chi connectivity index (χ1) is 10.3. The molecule has 4 N–H and O–H groups in total. The Labute approximate surface area is 126 Å². The van der Waals surface area contributed by atoms with Gasteiger partial charge in [-0.05, 0) is 25.1 Å². The molecule has 118 valence electrons. The van der Waals surface area contributed by atoms with Gasteiger partial charge in [0.15, 0.2) is 5.82 Å². The normalized spacial score (nSPS) is 11.4. The van der Waals surface area contributed by atoms with Crippen molar-refractivity contribution in [2.75, 3.05) is 11.9 Å². The second-order valence-electron chi connectivity index (χ2n) is 4.47. The van der Waals surface area contributed by atoms with E-state index in [1.165, 1.54) is 12.1 Å². The number of hydrogen-bond donors (Lipinski definition) is 3. The van der Waals surface area contributed by atoms with Crippen LogP contribution in [0.15, 0.2) is 27.6 Å². The summed E-state index contributed by atoms with van der Waals surface area (Å²) in [6.45, 7) is 2.03. The van der Waals surface area contributed by atoms with Crippen molar-refractivity contribution in [3.63, 3.8) is 0 Å². The molecule has 1 aromatic heterocycles. The van der Waals surface area contributed by atoms with Gasteiger partial charge in [0, 0.05) is 18.7 Å². The molecule has 0 saturated heterocycles. The third-order valence-electron chi connectivity index (χ3n) is 2.77. The van der Waals surface area contributed by atoms with Gasteiger partial charge in [0.05, 0.1) is 10.5 Å². The molecule has 0 aliphatic rings. The van der Waals surface area contributed by atoms with Gasteiger partial charge in [0.1, 0.15) is 0 Å². The second-order valence-corrected chi connectivity index (χ2v) is 6.03. The number of hydrogen-bond acceptors (Lipinski definition) is 7. The molecule has 10 heteroatoms. The summed E-state index contributed by atoms with van der Waals surface area (Å²) in [6, 6.07) is 3.60. The average Bonchev–Trinajstić information content (AvgIpc) is 2.83. The van der Waals surface area contributed by atoms with Gasteiger partial charge < -0.3 is 14.9 Å². The second kappa shape index (κ2) is 6.12. The highest BCUT2D eigenvalue weighted by Crippen LogP contribution is 2.20. The number of nitrogens with two attached hydrogens (primary N) is 1. The van der Waals surface area contributed by atoms with Gasteiger partial charge >= 0.3 is 5.97 Å². The Balaban J connectivity index is 2.14. The summed E-state index contributed by atoms with van der Waals surface area (Å²) in [5, 5.41) is 20.7. The summed E-state index contributed by atoms with van der Waals surface area (Å²) < 4.78 is 27.4. The van der Waals surface area contributed by atoms with E-state index in [0.29, 0.717) is 24.7 Å². The van der Waals surface area contributed by atoms with Crippen LogP contribution in [-0.4, -0.2) is 36.2 Å². The van der Waals surface area contributed by atoms with Crippen molar-refractivity contribution in [2.24, 2.45) is 5.14 Å². The van der Waals surface area contributed by atoms with Gasteiger partial charge in [0.2, 0.25) is 15.9 Å². The first-order valence-electron chi connectivity index (χ1n) is 6.20. The predicted molar refractivity (Wildman–Crippen MR) is 76.0 cm³/mol. The zero-order valence-electron chi connectivity index (χ0n) is 11.6. The van der Waals surface area contributed by atoms with Crippen LogP contribution in [0.5, 0.6) is 0 Å². The molecule has 0 unspecified atom stereocenters. The van der Waals surface area contributed by atoms with Gasteiger partial charge in [0.25, 0.3) is 0 Å². The highest BCUT2D eigenvalue weighted by molar-refractivity contribution is 7.89. The van der Waals surface area contributed by atoms with Gasteiger partial charge in [-0.3, -0.25) is 0 Å². The lowest BCUT2D eigenvalue weighted by Gasteiger charge is -2.10. The van der Waals surface area contributed by atoms with E-state index in [9.17, 15) is 13.2 Å². The van der Waals surface area contributed by atoms with Crippen molar-refractivity contribution in [3.05, 3.63) is 35.5 Å². The van der Waals surface area contributed by atoms with Gasteiger partial charge in [-0.1, -0.05) is 5.16 Å². The van der Waals surface area contributed by atoms with E-state index < -0.39 is 16.0 Å². The highest BCUT2D eigenvalue weighted by Gasteiger charge is 2.16. The number of aromatic carboxylic acids is 1. The molecule has 0 atom stereocenters. The van der Waals surface area contributed by atoms with Crippen LogP contribution in [0, 0.1) is 6.92 Å². The largest absolute Gasteiger partial charge is 0.478 e. The summed E-state index contributed by atoms with van der Waals surface area (Å²) >= 11 is 0. The topological polar surface area (TPSA) is 148 Å². The van der Waals surface area contributed by atoms with Crippen LogP contribution >= 0.6 is 0 Å². The molecule has 0 saturated carbocycles. The van der Waals surface area contributed by atoms with E-state index in [4.69, 9.17) is 14.8 Å². The number of rotatable bonds is 6. The molecule has 22 heavy (non-hydrogen) atoms. The minimum Gasteiger partial charge on any atom is -0.478 e. The quantitative estimate of drug-likeness (QED) is 0.689. The van der Waals surface area contributed by atoms with Crippen LogP contribution < -0.4 is 10.5 Å². The number of benzene rings is 1. The SMILES string of the molecule is Cc1noc(CCNc2ccc(S(N)(=O)=O)cc2C(=O)O)n1. The number of nitrogens with zero attached hydrogens (tertiary/aromatic N) is 2. The predicted octanol–water partition coefficient (Wildman–Crippen LogP) is 0.378. The van der Waals surface area contributed by atoms with Crippen molar-refractivity contribution in [2.45, 2.75) is 18.2 Å². The fraction of sp³-hybridized carbons (Fsp3) is 0.250. The molecule has 2 rings (SSSR count). The number of aromatic nitrogens is 2. The monoisotopic (exact) mass is 326 g/mol. The number of carboxylic acid groups (broad SMARTS) is 1. The third kappa shape index (κ3) is 3.80. The third-order valence-corrected chi connectivity index (χ3v) is 3.68. The van der Waals surface area contributed by atoms with E-state index in [1.54, 1.807) is 6.92 Å². The van der Waals surface area contributed by atoms with Crippen LogP contribution in [0.1, 0.15) is 22.1 Å². The van der Waals surface area contributed by atoms with E-state index in [-0.39, 0.29) is 16.1 Å². The first-order valence-corrected chi connectivity index (χ1v) is 7.75. The Hall–Kier alpha value is -2.46. The molecule has 0 bridgehead atoms. The Morgan fingerprint density at radius 2 is 2.18 bits per heavy atom. The Morgan fingerprint density at radius 1 is 1.45 bits per heavy atom. The van der Waals surface area contributed by atoms with Crippen LogP contribution in [0.4, 0.5) is 5.69 Å². The Kier molecular flexibility index (Phi) is 4.43. The summed E-state index contributed by atoms with van der Waals surface area (Å²) in [6.07, 6.45) is 0.400. The van der Waals surface area contributed by atoms with Crippen LogP contribution in [-0.2, 0) is 16.4 Å². The molecule has 2 aromatic rings. The lowest BCUT2D eigenvalue weighted by Crippen LogP contribution is -2.15.